The van der Waals surface area contributed by atoms with Crippen molar-refractivity contribution < 1.29 is 9.18 Å². The Balaban J connectivity index is 1.60. The van der Waals surface area contributed by atoms with Crippen LogP contribution < -0.4 is 5.32 Å². The number of benzene rings is 2. The molecule has 2 aromatic rings. The zero-order valence-electron chi connectivity index (χ0n) is 17.2. The highest BCUT2D eigenvalue weighted by atomic mass is 19.1. The van der Waals surface area contributed by atoms with Gasteiger partial charge in [0.15, 0.2) is 0 Å². The summed E-state index contributed by atoms with van der Waals surface area (Å²) in [6.07, 6.45) is 2.81. The molecular formula is C24H31FN2O. The number of nitrogens with one attached hydrogen (secondary N) is 1. The molecule has 0 unspecified atom stereocenters. The zero-order valence-corrected chi connectivity index (χ0v) is 17.2. The van der Waals surface area contributed by atoms with Crippen LogP contribution in [0.25, 0.3) is 0 Å². The minimum atomic E-state index is -0.211. The van der Waals surface area contributed by atoms with Gasteiger partial charge in [-0.2, -0.15) is 0 Å². The van der Waals surface area contributed by atoms with Gasteiger partial charge in [0.1, 0.15) is 5.82 Å². The van der Waals surface area contributed by atoms with Crippen LogP contribution in [0.2, 0.25) is 0 Å². The number of rotatable bonds is 6. The molecule has 4 heteroatoms. The van der Waals surface area contributed by atoms with Gasteiger partial charge in [-0.05, 0) is 74.0 Å². The fraction of sp³-hybridized carbons (Fsp3) is 0.458. The molecule has 3 rings (SSSR count). The maximum Gasteiger partial charge on any atom is 0.224 e. The van der Waals surface area contributed by atoms with Crippen LogP contribution in [0.3, 0.4) is 0 Å². The Kier molecular flexibility index (Phi) is 6.84. The molecule has 150 valence electrons. The maximum atomic E-state index is 13.1. The molecule has 3 nitrogen and oxygen atoms in total. The van der Waals surface area contributed by atoms with E-state index in [4.69, 9.17) is 0 Å². The summed E-state index contributed by atoms with van der Waals surface area (Å²) >= 11 is 0. The molecule has 1 aliphatic heterocycles. The van der Waals surface area contributed by atoms with Crippen molar-refractivity contribution in [3.05, 3.63) is 70.5 Å². The van der Waals surface area contributed by atoms with Crippen LogP contribution in [0.5, 0.6) is 0 Å². The summed E-state index contributed by atoms with van der Waals surface area (Å²) < 4.78 is 13.1. The lowest BCUT2D eigenvalue weighted by atomic mass is 9.94. The smallest absolute Gasteiger partial charge is 0.224 e. The van der Waals surface area contributed by atoms with Gasteiger partial charge in [-0.25, -0.2) is 4.39 Å². The number of carbonyl (C=O) groups excluding carboxylic acids is 1. The molecule has 0 aromatic heterocycles. The van der Waals surface area contributed by atoms with E-state index < -0.39 is 0 Å². The van der Waals surface area contributed by atoms with Gasteiger partial charge in [-0.1, -0.05) is 37.3 Å². The fourth-order valence-corrected chi connectivity index (χ4v) is 3.95. The van der Waals surface area contributed by atoms with Gasteiger partial charge in [0.25, 0.3) is 0 Å². The van der Waals surface area contributed by atoms with Gasteiger partial charge in [-0.15, -0.1) is 0 Å². The number of piperidine rings is 1. The monoisotopic (exact) mass is 382 g/mol. The first-order valence-corrected chi connectivity index (χ1v) is 10.3. The first kappa shape index (κ1) is 20.5. The number of halogens is 1. The van der Waals surface area contributed by atoms with Crippen LogP contribution in [0, 0.1) is 25.6 Å². The van der Waals surface area contributed by atoms with E-state index in [0.717, 1.165) is 44.5 Å². The molecule has 1 fully saturated rings. The largest absolute Gasteiger partial charge is 0.349 e. The third-order valence-corrected chi connectivity index (χ3v) is 5.85. The molecule has 1 aliphatic rings. The molecule has 0 bridgehead atoms. The molecule has 1 amide bonds. The summed E-state index contributed by atoms with van der Waals surface area (Å²) in [4.78, 5) is 15.3. The number of likely N-dealkylation sites (tertiary alicyclic amines) is 1. The molecule has 1 saturated heterocycles. The average Bonchev–Trinajstić information content (AvgIpc) is 2.70. The molecular weight excluding hydrogens is 351 g/mol. The van der Waals surface area contributed by atoms with Crippen LogP contribution in [0.4, 0.5) is 4.39 Å². The molecule has 0 spiro atoms. The Morgan fingerprint density at radius 2 is 1.93 bits per heavy atom. The normalized spacial score (nSPS) is 18.6. The Labute approximate surface area is 167 Å². The van der Waals surface area contributed by atoms with Gasteiger partial charge in [0.05, 0.1) is 12.0 Å². The second kappa shape index (κ2) is 9.33. The number of carbonyl (C=O) groups is 1. The summed E-state index contributed by atoms with van der Waals surface area (Å²) in [5.41, 5.74) is 4.80. The Morgan fingerprint density at radius 3 is 2.61 bits per heavy atom. The van der Waals surface area contributed by atoms with Crippen LogP contribution in [0.15, 0.2) is 42.5 Å². The number of nitrogens with zero attached hydrogens (tertiary/aromatic N) is 1. The average molecular weight is 383 g/mol. The van der Waals surface area contributed by atoms with E-state index >= 15 is 0 Å². The summed E-state index contributed by atoms with van der Waals surface area (Å²) in [5, 5.41) is 3.28. The highest BCUT2D eigenvalue weighted by molar-refractivity contribution is 5.79. The van der Waals surface area contributed by atoms with Gasteiger partial charge >= 0.3 is 0 Å². The van der Waals surface area contributed by atoms with E-state index in [2.05, 4.69) is 49.2 Å². The summed E-state index contributed by atoms with van der Waals surface area (Å²) in [5.74, 6) is -0.0553. The molecule has 1 N–H and O–H groups in total. The van der Waals surface area contributed by atoms with E-state index in [9.17, 15) is 9.18 Å². The van der Waals surface area contributed by atoms with Crippen molar-refractivity contribution in [1.29, 1.82) is 0 Å². The molecule has 2 atom stereocenters. The highest BCUT2D eigenvalue weighted by Crippen LogP contribution is 2.23. The number of amides is 1. The molecule has 0 saturated carbocycles. The van der Waals surface area contributed by atoms with E-state index in [1.54, 1.807) is 0 Å². The molecule has 0 radical (unpaired) electrons. The van der Waals surface area contributed by atoms with Crippen molar-refractivity contribution >= 4 is 5.91 Å². The number of hydrogen-bond donors (Lipinski definition) is 1. The highest BCUT2D eigenvalue weighted by Gasteiger charge is 2.27. The minimum absolute atomic E-state index is 0.00907. The Morgan fingerprint density at radius 1 is 1.18 bits per heavy atom. The first-order valence-electron chi connectivity index (χ1n) is 10.3. The van der Waals surface area contributed by atoms with Crippen molar-refractivity contribution in [2.24, 2.45) is 5.92 Å². The van der Waals surface area contributed by atoms with Crippen molar-refractivity contribution in [2.45, 2.75) is 52.6 Å². The topological polar surface area (TPSA) is 32.3 Å². The lowest BCUT2D eigenvalue weighted by Gasteiger charge is -2.33. The predicted octanol–water partition coefficient (Wildman–Crippen LogP) is 4.92. The number of hydrogen-bond acceptors (Lipinski definition) is 2. The third kappa shape index (κ3) is 5.20. The van der Waals surface area contributed by atoms with E-state index in [0.29, 0.717) is 0 Å². The van der Waals surface area contributed by atoms with Crippen LogP contribution >= 0.6 is 0 Å². The van der Waals surface area contributed by atoms with E-state index in [-0.39, 0.29) is 23.7 Å². The van der Waals surface area contributed by atoms with Crippen molar-refractivity contribution in [1.82, 2.24) is 10.2 Å². The fourth-order valence-electron chi connectivity index (χ4n) is 3.95. The maximum absolute atomic E-state index is 13.1. The van der Waals surface area contributed by atoms with Crippen molar-refractivity contribution in [2.75, 3.05) is 13.1 Å². The standard InChI is InChI=1S/C24H31FN2O/c1-4-23(20-10-7-17(2)18(3)14-20)26-24(28)21-6-5-13-27(16-21)15-19-8-11-22(25)12-9-19/h7-12,14,21,23H,4-6,13,15-16H2,1-3H3,(H,26,28)/t21-,23-/m0/s1. The van der Waals surface area contributed by atoms with Gasteiger partial charge in [0, 0.05) is 13.1 Å². The summed E-state index contributed by atoms with van der Waals surface area (Å²) in [6, 6.07) is 13.1. The second-order valence-corrected chi connectivity index (χ2v) is 8.01. The minimum Gasteiger partial charge on any atom is -0.349 e. The Hall–Kier alpha value is -2.20. The zero-order chi connectivity index (χ0) is 20.1. The quantitative estimate of drug-likeness (QED) is 0.769. The van der Waals surface area contributed by atoms with Gasteiger partial charge in [-0.3, -0.25) is 9.69 Å². The van der Waals surface area contributed by atoms with E-state index in [1.807, 2.05) is 12.1 Å². The second-order valence-electron chi connectivity index (χ2n) is 8.01. The van der Waals surface area contributed by atoms with Gasteiger partial charge in [0.2, 0.25) is 5.91 Å². The number of aryl methyl sites for hydroxylation is 2. The lowest BCUT2D eigenvalue weighted by molar-refractivity contribution is -0.127. The van der Waals surface area contributed by atoms with Crippen molar-refractivity contribution in [3.63, 3.8) is 0 Å². The SMILES string of the molecule is CC[C@H](NC(=O)[C@H]1CCCN(Cc2ccc(F)cc2)C1)c1ccc(C)c(C)c1. The lowest BCUT2D eigenvalue weighted by Crippen LogP contribution is -2.43. The van der Waals surface area contributed by atoms with Crippen LogP contribution in [0.1, 0.15) is 54.5 Å². The van der Waals surface area contributed by atoms with E-state index in [1.165, 1.54) is 28.8 Å². The first-order chi connectivity index (χ1) is 13.5. The van der Waals surface area contributed by atoms with Gasteiger partial charge < -0.3 is 5.32 Å². The van der Waals surface area contributed by atoms with Crippen LogP contribution in [-0.2, 0) is 11.3 Å². The molecule has 28 heavy (non-hydrogen) atoms. The summed E-state index contributed by atoms with van der Waals surface area (Å²) in [6.45, 7) is 8.83. The Bertz CT molecular complexity index is 803. The van der Waals surface area contributed by atoms with Crippen LogP contribution in [-0.4, -0.2) is 23.9 Å². The van der Waals surface area contributed by atoms with Crippen molar-refractivity contribution in [3.8, 4) is 0 Å². The third-order valence-electron chi connectivity index (χ3n) is 5.85. The molecule has 1 heterocycles. The molecule has 2 aromatic carbocycles. The predicted molar refractivity (Wildman–Crippen MR) is 111 cm³/mol. The summed E-state index contributed by atoms with van der Waals surface area (Å²) in [7, 11) is 0. The molecule has 0 aliphatic carbocycles.